The molecule has 1 aliphatic heterocycles. The van der Waals surface area contributed by atoms with Crippen LogP contribution in [0.5, 0.6) is 0 Å². The molecule has 1 aromatic heterocycles. The zero-order chi connectivity index (χ0) is 21.8. The number of benzene rings is 4. The molecule has 0 saturated carbocycles. The summed E-state index contributed by atoms with van der Waals surface area (Å²) in [4.78, 5) is 2.74. The van der Waals surface area contributed by atoms with Gasteiger partial charge in [-0.25, -0.2) is 4.57 Å². The normalized spacial score (nSPS) is 15.0. The SMILES string of the molecule is Cc1c2c(cc3ccccc13)Sc1cc3c(c4cc[n+](C)c-2c14)C(C)(C)c1ccccc1-3. The van der Waals surface area contributed by atoms with Crippen LogP contribution in [0.4, 0.5) is 0 Å². The molecule has 0 fully saturated rings. The number of fused-ring (bicyclic) bond motifs is 7. The zero-order valence-electron chi connectivity index (χ0n) is 18.8. The molecule has 0 atom stereocenters. The minimum atomic E-state index is -0.00890. The van der Waals surface area contributed by atoms with Crippen molar-refractivity contribution in [3.05, 3.63) is 89.6 Å². The lowest BCUT2D eigenvalue weighted by Crippen LogP contribution is -2.32. The largest absolute Gasteiger partial charge is 0.222 e. The second-order valence-corrected chi connectivity index (χ2v) is 10.8. The smallest absolute Gasteiger partial charge is 0.200 e. The van der Waals surface area contributed by atoms with Crippen molar-refractivity contribution >= 4 is 33.3 Å². The topological polar surface area (TPSA) is 3.88 Å². The van der Waals surface area contributed by atoms with E-state index in [4.69, 9.17) is 0 Å². The van der Waals surface area contributed by atoms with E-state index in [0.717, 1.165) is 0 Å². The maximum absolute atomic E-state index is 2.47. The number of aromatic nitrogens is 1. The van der Waals surface area contributed by atoms with Crippen molar-refractivity contribution in [3.8, 4) is 22.4 Å². The fraction of sp³-hybridized carbons (Fsp3) is 0.167. The highest BCUT2D eigenvalue weighted by atomic mass is 32.2. The van der Waals surface area contributed by atoms with E-state index in [1.807, 2.05) is 11.8 Å². The maximum atomic E-state index is 2.47. The van der Waals surface area contributed by atoms with Crippen LogP contribution in [0.3, 0.4) is 0 Å². The average Bonchev–Trinajstić information content (AvgIpc) is 3.02. The van der Waals surface area contributed by atoms with E-state index in [-0.39, 0.29) is 5.41 Å². The molecule has 1 aliphatic carbocycles. The van der Waals surface area contributed by atoms with Gasteiger partial charge in [0.25, 0.3) is 0 Å². The lowest BCUT2D eigenvalue weighted by atomic mass is 9.80. The number of rotatable bonds is 0. The summed E-state index contributed by atoms with van der Waals surface area (Å²) in [6, 6.07) is 24.9. The van der Waals surface area contributed by atoms with Crippen molar-refractivity contribution in [3.63, 3.8) is 0 Å². The number of aryl methyl sites for hydroxylation is 2. The predicted octanol–water partition coefficient (Wildman–Crippen LogP) is 7.56. The monoisotopic (exact) mass is 430 g/mol. The van der Waals surface area contributed by atoms with Gasteiger partial charge in [0.15, 0.2) is 6.20 Å². The van der Waals surface area contributed by atoms with Crippen molar-refractivity contribution in [2.45, 2.75) is 36.0 Å². The molecule has 0 amide bonds. The number of hydrogen-bond donors (Lipinski definition) is 0. The summed E-state index contributed by atoms with van der Waals surface area (Å²) in [5, 5.41) is 5.48. The van der Waals surface area contributed by atoms with Gasteiger partial charge >= 0.3 is 0 Å². The van der Waals surface area contributed by atoms with Crippen LogP contribution in [-0.4, -0.2) is 0 Å². The molecule has 154 valence electrons. The van der Waals surface area contributed by atoms with Crippen LogP contribution in [0, 0.1) is 6.92 Å². The van der Waals surface area contributed by atoms with Crippen LogP contribution in [0.15, 0.2) is 82.7 Å². The summed E-state index contributed by atoms with van der Waals surface area (Å²) in [7, 11) is 2.19. The van der Waals surface area contributed by atoms with Gasteiger partial charge in [-0.2, -0.15) is 0 Å². The van der Waals surface area contributed by atoms with Crippen LogP contribution in [0.25, 0.3) is 43.9 Å². The van der Waals surface area contributed by atoms with Gasteiger partial charge in [-0.15, -0.1) is 0 Å². The molecule has 2 heterocycles. The van der Waals surface area contributed by atoms with E-state index in [9.17, 15) is 0 Å². The summed E-state index contributed by atoms with van der Waals surface area (Å²) < 4.78 is 2.33. The standard InChI is InChI=1S/C30H24NS/c1-17-19-10-6-5-9-18(19)15-24-26(17)29-27-21(13-14-31(29)4)28-22(16-25(27)32-24)20-11-7-8-12-23(20)30(28,2)3/h5-16H,1-4H3/q+1. The Morgan fingerprint density at radius 2 is 1.59 bits per heavy atom. The third-order valence-electron chi connectivity index (χ3n) is 7.63. The van der Waals surface area contributed by atoms with Crippen molar-refractivity contribution < 1.29 is 4.57 Å². The first-order valence-corrected chi connectivity index (χ1v) is 12.1. The van der Waals surface area contributed by atoms with Crippen molar-refractivity contribution in [2.24, 2.45) is 7.05 Å². The molecule has 0 saturated heterocycles. The van der Waals surface area contributed by atoms with Crippen molar-refractivity contribution in [2.75, 3.05) is 0 Å². The molecular formula is C30H24NS+. The Bertz CT molecular complexity index is 1640. The average molecular weight is 431 g/mol. The fourth-order valence-corrected chi connectivity index (χ4v) is 7.44. The van der Waals surface area contributed by atoms with Gasteiger partial charge < -0.3 is 0 Å². The van der Waals surface area contributed by atoms with Crippen LogP contribution >= 0.6 is 11.8 Å². The molecule has 2 heteroatoms. The van der Waals surface area contributed by atoms with Crippen LogP contribution in [0.2, 0.25) is 0 Å². The second kappa shape index (κ2) is 6.02. The third kappa shape index (κ3) is 2.14. The van der Waals surface area contributed by atoms with Crippen LogP contribution in [-0.2, 0) is 12.5 Å². The van der Waals surface area contributed by atoms with Gasteiger partial charge in [0, 0.05) is 26.7 Å². The Morgan fingerprint density at radius 1 is 0.812 bits per heavy atom. The molecule has 0 unspecified atom stereocenters. The van der Waals surface area contributed by atoms with E-state index >= 15 is 0 Å². The fourth-order valence-electron chi connectivity index (χ4n) is 6.18. The molecular weight excluding hydrogens is 406 g/mol. The van der Waals surface area contributed by atoms with Gasteiger partial charge in [0.05, 0.1) is 10.9 Å². The lowest BCUT2D eigenvalue weighted by Gasteiger charge is -2.26. The van der Waals surface area contributed by atoms with E-state index < -0.39 is 0 Å². The number of pyridine rings is 1. The summed E-state index contributed by atoms with van der Waals surface area (Å²) in [5.74, 6) is 0. The van der Waals surface area contributed by atoms with Crippen LogP contribution in [0.1, 0.15) is 30.5 Å². The molecule has 4 aromatic carbocycles. The van der Waals surface area contributed by atoms with Gasteiger partial charge in [0.1, 0.15) is 7.05 Å². The molecule has 0 spiro atoms. The first-order chi connectivity index (χ1) is 15.5. The Balaban J connectivity index is 1.66. The Kier molecular flexibility index (Phi) is 3.48. The minimum absolute atomic E-state index is 0.00890. The third-order valence-corrected chi connectivity index (χ3v) is 8.71. The Morgan fingerprint density at radius 3 is 2.47 bits per heavy atom. The molecule has 7 rings (SSSR count). The quantitative estimate of drug-likeness (QED) is 0.225. The highest BCUT2D eigenvalue weighted by molar-refractivity contribution is 7.99. The molecule has 0 radical (unpaired) electrons. The number of nitrogens with zero attached hydrogens (tertiary/aromatic N) is 1. The first kappa shape index (κ1) is 18.5. The highest BCUT2D eigenvalue weighted by Crippen LogP contribution is 2.57. The van der Waals surface area contributed by atoms with E-state index in [1.165, 1.54) is 70.4 Å². The van der Waals surface area contributed by atoms with E-state index in [1.54, 1.807) is 0 Å². The first-order valence-electron chi connectivity index (χ1n) is 11.3. The molecule has 2 aliphatic rings. The Hall–Kier alpha value is -3.10. The molecule has 32 heavy (non-hydrogen) atoms. The maximum Gasteiger partial charge on any atom is 0.222 e. The molecule has 1 nitrogen and oxygen atoms in total. The minimum Gasteiger partial charge on any atom is -0.200 e. The Labute approximate surface area is 192 Å². The molecule has 0 N–H and O–H groups in total. The molecule has 5 aromatic rings. The second-order valence-electron chi connectivity index (χ2n) is 9.73. The van der Waals surface area contributed by atoms with E-state index in [2.05, 4.69) is 105 Å². The summed E-state index contributed by atoms with van der Waals surface area (Å²) in [6.07, 6.45) is 2.26. The van der Waals surface area contributed by atoms with Gasteiger partial charge in [-0.1, -0.05) is 74.1 Å². The highest BCUT2D eigenvalue weighted by Gasteiger charge is 2.40. The predicted molar refractivity (Wildman–Crippen MR) is 134 cm³/mol. The lowest BCUT2D eigenvalue weighted by molar-refractivity contribution is -0.659. The zero-order valence-corrected chi connectivity index (χ0v) is 19.6. The number of hydrogen-bond acceptors (Lipinski definition) is 1. The van der Waals surface area contributed by atoms with Gasteiger partial charge in [0.2, 0.25) is 5.69 Å². The van der Waals surface area contributed by atoms with Crippen molar-refractivity contribution in [1.82, 2.24) is 0 Å². The van der Waals surface area contributed by atoms with Gasteiger partial charge in [-0.3, -0.25) is 0 Å². The summed E-state index contributed by atoms with van der Waals surface area (Å²) in [5.41, 5.74) is 9.82. The van der Waals surface area contributed by atoms with Crippen molar-refractivity contribution in [1.29, 1.82) is 0 Å². The summed E-state index contributed by atoms with van der Waals surface area (Å²) in [6.45, 7) is 7.06. The molecule has 0 bridgehead atoms. The van der Waals surface area contributed by atoms with E-state index in [0.29, 0.717) is 0 Å². The van der Waals surface area contributed by atoms with Gasteiger partial charge in [-0.05, 0) is 57.6 Å². The van der Waals surface area contributed by atoms with Crippen LogP contribution < -0.4 is 4.57 Å². The summed E-state index contributed by atoms with van der Waals surface area (Å²) >= 11 is 1.94.